The lowest BCUT2D eigenvalue weighted by Gasteiger charge is -1.99. The Morgan fingerprint density at radius 1 is 1.41 bits per heavy atom. The van der Waals surface area contributed by atoms with Gasteiger partial charge in [0, 0.05) is 12.1 Å². The Labute approximate surface area is 96.4 Å². The summed E-state index contributed by atoms with van der Waals surface area (Å²) in [5, 5.41) is 11.6. The summed E-state index contributed by atoms with van der Waals surface area (Å²) >= 11 is 5.60. The van der Waals surface area contributed by atoms with E-state index in [-0.39, 0.29) is 10.8 Å². The lowest BCUT2D eigenvalue weighted by atomic mass is 10.4. The summed E-state index contributed by atoms with van der Waals surface area (Å²) in [4.78, 5) is 14.1. The first-order valence-electron chi connectivity index (χ1n) is 4.16. The van der Waals surface area contributed by atoms with Gasteiger partial charge < -0.3 is 5.11 Å². The van der Waals surface area contributed by atoms with E-state index in [9.17, 15) is 18.0 Å². The second kappa shape index (κ2) is 3.59. The number of rotatable bonds is 1. The topological polar surface area (TPSA) is 67.5 Å². The van der Waals surface area contributed by atoms with Crippen molar-refractivity contribution in [1.29, 1.82) is 0 Å². The first-order valence-corrected chi connectivity index (χ1v) is 4.53. The molecule has 17 heavy (non-hydrogen) atoms. The molecular weight excluding hydrogens is 263 g/mol. The average Bonchev–Trinajstić information content (AvgIpc) is 2.60. The lowest BCUT2D eigenvalue weighted by Crippen LogP contribution is -2.06. The standard InChI is InChI=1S/C8H3ClF3N3O2/c9-5-1-3(7(16)17)13-6-2-4(8(10,11)12)14-15(5)6/h1-2H,(H,16,17). The van der Waals surface area contributed by atoms with E-state index in [1.54, 1.807) is 0 Å². The number of hydrogen-bond donors (Lipinski definition) is 1. The molecule has 0 unspecified atom stereocenters. The molecule has 0 radical (unpaired) electrons. The van der Waals surface area contributed by atoms with E-state index in [2.05, 4.69) is 10.1 Å². The number of fused-ring (bicyclic) bond motifs is 1. The third-order valence-electron chi connectivity index (χ3n) is 1.89. The Kier molecular flexibility index (Phi) is 2.46. The predicted octanol–water partition coefficient (Wildman–Crippen LogP) is 2.10. The molecule has 2 rings (SSSR count). The number of carboxylic acids is 1. The fraction of sp³-hybridized carbons (Fsp3) is 0.125. The van der Waals surface area contributed by atoms with Crippen LogP contribution in [-0.2, 0) is 6.18 Å². The van der Waals surface area contributed by atoms with E-state index in [1.165, 1.54) is 0 Å². The Bertz CT molecular complexity index is 608. The maximum absolute atomic E-state index is 12.4. The van der Waals surface area contributed by atoms with Gasteiger partial charge in [-0.15, -0.1) is 0 Å². The molecule has 0 bridgehead atoms. The van der Waals surface area contributed by atoms with Crippen molar-refractivity contribution in [3.8, 4) is 0 Å². The number of carbonyl (C=O) groups is 1. The molecule has 2 heterocycles. The maximum Gasteiger partial charge on any atom is 0.435 e. The monoisotopic (exact) mass is 265 g/mol. The van der Waals surface area contributed by atoms with Crippen LogP contribution in [0.5, 0.6) is 0 Å². The highest BCUT2D eigenvalue weighted by Gasteiger charge is 2.34. The van der Waals surface area contributed by atoms with E-state index in [1.807, 2.05) is 0 Å². The van der Waals surface area contributed by atoms with Crippen molar-refractivity contribution in [1.82, 2.24) is 14.6 Å². The normalized spacial score (nSPS) is 12.0. The zero-order valence-corrected chi connectivity index (χ0v) is 8.62. The lowest BCUT2D eigenvalue weighted by molar-refractivity contribution is -0.141. The van der Waals surface area contributed by atoms with E-state index in [4.69, 9.17) is 16.7 Å². The third-order valence-corrected chi connectivity index (χ3v) is 2.16. The van der Waals surface area contributed by atoms with Crippen molar-refractivity contribution in [2.75, 3.05) is 0 Å². The van der Waals surface area contributed by atoms with E-state index in [0.717, 1.165) is 10.6 Å². The second-order valence-corrected chi connectivity index (χ2v) is 3.45. The van der Waals surface area contributed by atoms with Crippen LogP contribution in [0.25, 0.3) is 5.65 Å². The van der Waals surface area contributed by atoms with Crippen LogP contribution in [0.1, 0.15) is 16.2 Å². The fourth-order valence-corrected chi connectivity index (χ4v) is 1.41. The van der Waals surface area contributed by atoms with Crippen LogP contribution in [-0.4, -0.2) is 25.7 Å². The molecule has 0 saturated heterocycles. The zero-order chi connectivity index (χ0) is 12.8. The zero-order valence-electron chi connectivity index (χ0n) is 7.86. The van der Waals surface area contributed by atoms with Crippen molar-refractivity contribution in [3.63, 3.8) is 0 Å². The molecule has 90 valence electrons. The SMILES string of the molecule is O=C(O)c1cc(Cl)n2nc(C(F)(F)F)cc2n1. The Balaban J connectivity index is 2.69. The van der Waals surface area contributed by atoms with Gasteiger partial charge in [0.15, 0.2) is 17.0 Å². The van der Waals surface area contributed by atoms with Crippen LogP contribution in [0, 0.1) is 0 Å². The number of aromatic carboxylic acids is 1. The van der Waals surface area contributed by atoms with Gasteiger partial charge in [-0.25, -0.2) is 14.3 Å². The first kappa shape index (κ1) is 11.6. The maximum atomic E-state index is 12.4. The summed E-state index contributed by atoms with van der Waals surface area (Å²) in [6.07, 6.45) is -4.64. The molecule has 0 fully saturated rings. The summed E-state index contributed by atoms with van der Waals surface area (Å²) in [6, 6.07) is 1.54. The molecule has 2 aromatic rings. The molecule has 5 nitrogen and oxygen atoms in total. The van der Waals surface area contributed by atoms with Crippen molar-refractivity contribution >= 4 is 23.2 Å². The largest absolute Gasteiger partial charge is 0.477 e. The molecule has 0 aliphatic carbocycles. The van der Waals surface area contributed by atoms with Gasteiger partial charge in [-0.3, -0.25) is 0 Å². The molecule has 0 spiro atoms. The summed E-state index contributed by atoms with van der Waals surface area (Å²) in [5.74, 6) is -1.39. The molecule has 0 aromatic carbocycles. The van der Waals surface area contributed by atoms with Crippen LogP contribution in [0.3, 0.4) is 0 Å². The molecule has 2 aromatic heterocycles. The number of halogens is 4. The molecule has 0 saturated carbocycles. The minimum Gasteiger partial charge on any atom is -0.477 e. The molecule has 0 amide bonds. The Hall–Kier alpha value is -1.83. The summed E-state index contributed by atoms with van der Waals surface area (Å²) in [6.45, 7) is 0. The van der Waals surface area contributed by atoms with Crippen LogP contribution in [0.4, 0.5) is 13.2 Å². The highest BCUT2D eigenvalue weighted by atomic mass is 35.5. The van der Waals surface area contributed by atoms with Crippen molar-refractivity contribution in [2.45, 2.75) is 6.18 Å². The highest BCUT2D eigenvalue weighted by Crippen LogP contribution is 2.29. The van der Waals surface area contributed by atoms with Crippen molar-refractivity contribution in [3.05, 3.63) is 28.7 Å². The van der Waals surface area contributed by atoms with Gasteiger partial charge in [-0.05, 0) is 0 Å². The van der Waals surface area contributed by atoms with Gasteiger partial charge >= 0.3 is 12.1 Å². The summed E-state index contributed by atoms with van der Waals surface area (Å²) in [7, 11) is 0. The van der Waals surface area contributed by atoms with Gasteiger partial charge in [0.2, 0.25) is 0 Å². The first-order chi connectivity index (χ1) is 7.79. The van der Waals surface area contributed by atoms with Crippen LogP contribution < -0.4 is 0 Å². The van der Waals surface area contributed by atoms with Crippen molar-refractivity contribution < 1.29 is 23.1 Å². The molecule has 1 N–H and O–H groups in total. The number of hydrogen-bond acceptors (Lipinski definition) is 3. The summed E-state index contributed by atoms with van der Waals surface area (Å²) < 4.78 is 37.8. The number of nitrogens with zero attached hydrogens (tertiary/aromatic N) is 3. The Morgan fingerprint density at radius 2 is 2.06 bits per heavy atom. The second-order valence-electron chi connectivity index (χ2n) is 3.07. The van der Waals surface area contributed by atoms with Gasteiger partial charge in [-0.2, -0.15) is 18.3 Å². The average molecular weight is 266 g/mol. The predicted molar refractivity (Wildman–Crippen MR) is 50.0 cm³/mol. The molecular formula is C8H3ClF3N3O2. The third kappa shape index (κ3) is 2.03. The van der Waals surface area contributed by atoms with Gasteiger partial charge in [-0.1, -0.05) is 11.6 Å². The Morgan fingerprint density at radius 3 is 2.59 bits per heavy atom. The van der Waals surface area contributed by atoms with Crippen molar-refractivity contribution in [2.24, 2.45) is 0 Å². The number of alkyl halides is 3. The quantitative estimate of drug-likeness (QED) is 0.802. The summed E-state index contributed by atoms with van der Waals surface area (Å²) in [5.41, 5.74) is -1.91. The van der Waals surface area contributed by atoms with Gasteiger partial charge in [0.25, 0.3) is 0 Å². The fourth-order valence-electron chi connectivity index (χ4n) is 1.19. The highest BCUT2D eigenvalue weighted by molar-refractivity contribution is 6.30. The van der Waals surface area contributed by atoms with E-state index < -0.39 is 23.5 Å². The molecule has 9 heteroatoms. The van der Waals surface area contributed by atoms with E-state index in [0.29, 0.717) is 6.07 Å². The molecule has 0 atom stereocenters. The van der Waals surface area contributed by atoms with Crippen LogP contribution in [0.15, 0.2) is 12.1 Å². The minimum absolute atomic E-state index is 0.261. The molecule has 0 aliphatic rings. The van der Waals surface area contributed by atoms with Crippen LogP contribution in [0.2, 0.25) is 5.15 Å². The minimum atomic E-state index is -4.64. The number of carboxylic acid groups (broad SMARTS) is 1. The van der Waals surface area contributed by atoms with E-state index >= 15 is 0 Å². The van der Waals surface area contributed by atoms with Gasteiger partial charge in [0.1, 0.15) is 5.15 Å². The van der Waals surface area contributed by atoms with Gasteiger partial charge in [0.05, 0.1) is 0 Å². The smallest absolute Gasteiger partial charge is 0.435 e. The molecule has 0 aliphatic heterocycles. The van der Waals surface area contributed by atoms with Crippen LogP contribution >= 0.6 is 11.6 Å². The number of aromatic nitrogens is 3.